The standard InChI is InChI=1S/2Bi.5O.2Sr.2Ta.4H/q;;5*-2;;;2*+5;;;;. The molecule has 0 aliphatic rings. The fourth-order valence-corrected chi connectivity index (χ4v) is 0. The van der Waals surface area contributed by atoms with Gasteiger partial charge in [-0.15, -0.1) is 0 Å². The molecular weight excluding hydrogens is 1040 g/mol. The second kappa shape index (κ2) is 99.9. The van der Waals surface area contributed by atoms with Crippen molar-refractivity contribution in [2.24, 2.45) is 0 Å². The molecule has 0 aromatic rings. The van der Waals surface area contributed by atoms with E-state index in [-0.39, 0.29) is 216 Å². The first-order valence-electron chi connectivity index (χ1n) is 0. The zero-order valence-corrected chi connectivity index (χ0v) is 17.2. The molecule has 0 atom stereocenters. The maximum Gasteiger partial charge on any atom is 5.00 e. The molecule has 0 saturated carbocycles. The van der Waals surface area contributed by atoms with Crippen molar-refractivity contribution in [2.45, 2.75) is 0 Å². The molecule has 11 heteroatoms. The fraction of sp³-hybridized carbons (Fsp3) is 0. The van der Waals surface area contributed by atoms with Crippen LogP contribution in [0.5, 0.6) is 0 Å². The van der Waals surface area contributed by atoms with Crippen molar-refractivity contribution in [1.82, 2.24) is 0 Å². The summed E-state index contributed by atoms with van der Waals surface area (Å²) in [5, 5.41) is 0. The molecule has 0 saturated heterocycles. The summed E-state index contributed by atoms with van der Waals surface area (Å²) in [4.78, 5) is 0. The van der Waals surface area contributed by atoms with Crippen molar-refractivity contribution in [1.29, 1.82) is 0 Å². The SMILES string of the molecule is [Bi].[Bi].[O-2].[O-2].[O-2].[O-2].[O-2].[SrH2].[SrH2].[Ta+5].[Ta+5]. The summed E-state index contributed by atoms with van der Waals surface area (Å²) in [6.07, 6.45) is 0. The molecule has 0 unspecified atom stereocenters. The summed E-state index contributed by atoms with van der Waals surface area (Å²) in [6, 6.07) is 0. The predicted molar refractivity (Wildman–Crippen MR) is 32.0 cm³/mol. The van der Waals surface area contributed by atoms with Gasteiger partial charge in [0.15, 0.2) is 0 Å². The Balaban J connectivity index is 0. The smallest absolute Gasteiger partial charge is 5.00 e. The maximum atomic E-state index is 0. The van der Waals surface area contributed by atoms with Crippen LogP contribution in [0, 0.1) is 0 Å². The van der Waals surface area contributed by atoms with E-state index in [1.165, 1.54) is 0 Å². The van der Waals surface area contributed by atoms with Gasteiger partial charge < -0.3 is 27.4 Å². The number of rotatable bonds is 0. The Bertz CT molecular complexity index is 20.4. The largest absolute Gasteiger partial charge is 5.00 e. The van der Waals surface area contributed by atoms with Crippen LogP contribution in [0.3, 0.4) is 0 Å². The topological polar surface area (TPSA) is 142 Å². The minimum Gasteiger partial charge on any atom is 5.00 e. The first-order valence-corrected chi connectivity index (χ1v) is 0. The molecule has 0 spiro atoms. The molecule has 11 heavy (non-hydrogen) atoms. The molecular formula is H4Bi2O5Sr2Ta2. The molecule has 0 aromatic carbocycles. The second-order valence-electron chi connectivity index (χ2n) is 0. The van der Waals surface area contributed by atoms with Crippen LogP contribution < -0.4 is 0 Å². The van der Waals surface area contributed by atoms with Crippen molar-refractivity contribution in [3.05, 3.63) is 0 Å². The molecule has 0 fully saturated rings. The molecule has 0 aliphatic carbocycles. The number of hydrogen-bond donors (Lipinski definition) is 0. The van der Waals surface area contributed by atoms with Gasteiger partial charge in [0.25, 0.3) is 0 Å². The van der Waals surface area contributed by atoms with Gasteiger partial charge in [-0.1, -0.05) is 0 Å². The van der Waals surface area contributed by atoms with Gasteiger partial charge in [0, 0.05) is 52.4 Å². The summed E-state index contributed by atoms with van der Waals surface area (Å²) in [5.74, 6) is 0. The minimum atomic E-state index is 0. The van der Waals surface area contributed by atoms with Crippen LogP contribution in [0.4, 0.5) is 0 Å². The van der Waals surface area contributed by atoms with E-state index < -0.39 is 0 Å². The quantitative estimate of drug-likeness (QED) is 0.226. The first kappa shape index (κ1) is 121. The Kier molecular flexibility index (Phi) is 1100. The van der Waals surface area contributed by atoms with Gasteiger partial charge in [0.2, 0.25) is 0 Å². The van der Waals surface area contributed by atoms with E-state index >= 15 is 0 Å². The van der Waals surface area contributed by atoms with E-state index in [4.69, 9.17) is 0 Å². The molecule has 0 N–H and O–H groups in total. The van der Waals surface area contributed by atoms with Crippen LogP contribution in [-0.2, 0) is 72.1 Å². The van der Waals surface area contributed by atoms with Crippen molar-refractivity contribution in [3.8, 4) is 0 Å². The van der Waals surface area contributed by atoms with Gasteiger partial charge >= 0.3 is 136 Å². The van der Waals surface area contributed by atoms with E-state index in [0.29, 0.717) is 0 Å². The van der Waals surface area contributed by atoms with Gasteiger partial charge in [-0.25, -0.2) is 0 Å². The normalized spacial score (nSPS) is 0. The zero-order valence-electron chi connectivity index (χ0n) is 3.83. The summed E-state index contributed by atoms with van der Waals surface area (Å²) < 4.78 is 0. The summed E-state index contributed by atoms with van der Waals surface area (Å²) >= 11 is 0. The third-order valence-electron chi connectivity index (χ3n) is 0. The molecule has 0 aromatic heterocycles. The Morgan fingerprint density at radius 2 is 0.364 bits per heavy atom. The molecule has 5 nitrogen and oxygen atoms in total. The molecule has 0 heterocycles. The summed E-state index contributed by atoms with van der Waals surface area (Å²) in [5.41, 5.74) is 0. The van der Waals surface area contributed by atoms with Crippen LogP contribution in [0.2, 0.25) is 0 Å². The molecule has 58 valence electrons. The second-order valence-corrected chi connectivity index (χ2v) is 0. The molecule has 0 rings (SSSR count). The van der Waals surface area contributed by atoms with E-state index in [9.17, 15) is 0 Å². The van der Waals surface area contributed by atoms with Crippen LogP contribution in [0.15, 0.2) is 0 Å². The summed E-state index contributed by atoms with van der Waals surface area (Å²) in [6.45, 7) is 0. The van der Waals surface area contributed by atoms with Gasteiger partial charge in [-0.3, -0.25) is 0 Å². The number of hydrogen-bond acceptors (Lipinski definition) is 0. The maximum absolute atomic E-state index is 0. The fourth-order valence-electron chi connectivity index (χ4n) is 0. The van der Waals surface area contributed by atoms with Crippen LogP contribution in [-0.4, -0.2) is 143 Å². The third kappa shape index (κ3) is 87.0. The van der Waals surface area contributed by atoms with Crippen molar-refractivity contribution < 1.29 is 72.1 Å². The minimum absolute atomic E-state index is 0. The van der Waals surface area contributed by atoms with E-state index in [2.05, 4.69) is 0 Å². The Morgan fingerprint density at radius 3 is 0.364 bits per heavy atom. The molecule has 0 aliphatic heterocycles. The van der Waals surface area contributed by atoms with Crippen LogP contribution in [0.25, 0.3) is 0 Å². The summed E-state index contributed by atoms with van der Waals surface area (Å²) in [7, 11) is 0. The van der Waals surface area contributed by atoms with E-state index in [1.807, 2.05) is 0 Å². The van der Waals surface area contributed by atoms with Gasteiger partial charge in [-0.05, 0) is 0 Å². The first-order chi connectivity index (χ1) is 0. The van der Waals surface area contributed by atoms with Crippen molar-refractivity contribution in [3.63, 3.8) is 0 Å². The van der Waals surface area contributed by atoms with E-state index in [1.54, 1.807) is 0 Å². The van der Waals surface area contributed by atoms with E-state index in [0.717, 1.165) is 0 Å². The van der Waals surface area contributed by atoms with Gasteiger partial charge in [-0.2, -0.15) is 0 Å². The van der Waals surface area contributed by atoms with Gasteiger partial charge in [0.05, 0.1) is 0 Å². The predicted octanol–water partition coefficient (Wildman–Crippen LogP) is -3.19. The van der Waals surface area contributed by atoms with Gasteiger partial charge in [0.1, 0.15) is 0 Å². The third-order valence-corrected chi connectivity index (χ3v) is 0. The Hall–Kier alpha value is 6.01. The molecule has 0 bridgehead atoms. The van der Waals surface area contributed by atoms with Crippen molar-refractivity contribution in [2.75, 3.05) is 0 Å². The Morgan fingerprint density at radius 1 is 0.364 bits per heavy atom. The van der Waals surface area contributed by atoms with Crippen LogP contribution in [0.1, 0.15) is 0 Å². The Labute approximate surface area is 209 Å². The average Bonchev–Trinajstić information content (AvgIpc) is 0. The molecule has 6 radical (unpaired) electrons. The van der Waals surface area contributed by atoms with Crippen LogP contribution >= 0.6 is 0 Å². The monoisotopic (exact) mass is 1040 g/mol. The zero-order chi connectivity index (χ0) is 0. The van der Waals surface area contributed by atoms with Crippen molar-refractivity contribution >= 4 is 143 Å². The average molecular weight is 1040 g/mol. The molecule has 0 amide bonds.